The number of aryl methyl sites for hydroxylation is 1. The molecule has 12 aliphatic rings. The predicted molar refractivity (Wildman–Crippen MR) is 337 cm³/mol. The number of aromatic nitrogens is 3. The summed E-state index contributed by atoms with van der Waals surface area (Å²) in [6.07, 6.45) is 22.7. The van der Waals surface area contributed by atoms with Crippen molar-refractivity contribution in [1.29, 1.82) is 0 Å². The number of hydrogen-bond acceptors (Lipinski definition) is 10. The average Bonchev–Trinajstić information content (AvgIpc) is 1.13. The smallest absolute Gasteiger partial charge is 0.160 e. The first-order chi connectivity index (χ1) is 42.1. The largest absolute Gasteiger partial charge is 0.396 e. The second-order valence-corrected chi connectivity index (χ2v) is 33.0. The second-order valence-electron chi connectivity index (χ2n) is 33.0. The number of rotatable bonds is 10. The zero-order valence-electron chi connectivity index (χ0n) is 53.8. The van der Waals surface area contributed by atoms with Crippen LogP contribution in [0.2, 0.25) is 0 Å². The minimum atomic E-state index is -1.11. The Labute approximate surface area is 520 Å². The zero-order chi connectivity index (χ0) is 61.0. The minimum absolute atomic E-state index is 0.00979. The molecule has 17 unspecified atom stereocenters. The highest BCUT2D eigenvalue weighted by atomic mass is 16.6. The summed E-state index contributed by atoms with van der Waals surface area (Å²) in [6, 6.07) is 7.14. The molecular formula is C75H100N4O9. The third-order valence-electron chi connectivity index (χ3n) is 28.9. The maximum absolute atomic E-state index is 16.5. The first-order valence-electron chi connectivity index (χ1n) is 35.1. The number of aliphatic hydroxyl groups is 4. The van der Waals surface area contributed by atoms with Crippen LogP contribution in [0.25, 0.3) is 11.0 Å². The van der Waals surface area contributed by atoms with Gasteiger partial charge in [-0.1, -0.05) is 65.5 Å². The van der Waals surface area contributed by atoms with E-state index in [4.69, 9.17) is 9.47 Å². The highest BCUT2D eigenvalue weighted by Crippen LogP contribution is 2.84. The Morgan fingerprint density at radius 1 is 0.864 bits per heavy atom. The van der Waals surface area contributed by atoms with Crippen molar-refractivity contribution in [2.45, 2.75) is 255 Å². The van der Waals surface area contributed by atoms with Crippen LogP contribution in [0.1, 0.15) is 245 Å². The molecule has 474 valence electrons. The van der Waals surface area contributed by atoms with Gasteiger partial charge in [-0.15, -0.1) is 0 Å². The Kier molecular flexibility index (Phi) is 13.5. The Morgan fingerprint density at radius 2 is 1.65 bits per heavy atom. The van der Waals surface area contributed by atoms with Crippen LogP contribution in [0.5, 0.6) is 0 Å². The van der Waals surface area contributed by atoms with Gasteiger partial charge in [-0.3, -0.25) is 14.4 Å². The van der Waals surface area contributed by atoms with E-state index in [1.807, 2.05) is 13.8 Å². The molecule has 1 aromatic carbocycles. The molecule has 7 N–H and O–H groups in total. The number of ketones is 3. The van der Waals surface area contributed by atoms with Crippen LogP contribution in [-0.2, 0) is 48.8 Å². The Morgan fingerprint density at radius 3 is 2.40 bits per heavy atom. The molecule has 2 spiro atoms. The molecule has 0 radical (unpaired) electrons. The summed E-state index contributed by atoms with van der Waals surface area (Å²) < 4.78 is 14.5. The number of epoxide rings is 1. The van der Waals surface area contributed by atoms with Gasteiger partial charge in [0.05, 0.1) is 46.3 Å². The number of nitrogens with one attached hydrogen (secondary N) is 3. The normalized spacial score (nSPS) is 41.7. The van der Waals surface area contributed by atoms with Crippen LogP contribution in [0.15, 0.2) is 47.9 Å². The topological polar surface area (TPSA) is 202 Å². The monoisotopic (exact) mass is 1200 g/mol. The van der Waals surface area contributed by atoms with Crippen LogP contribution in [-0.4, -0.2) is 109 Å². The van der Waals surface area contributed by atoms with E-state index >= 15 is 14.4 Å². The molecule has 4 aromatic rings. The lowest BCUT2D eigenvalue weighted by atomic mass is 9.27. The maximum Gasteiger partial charge on any atom is 0.160 e. The van der Waals surface area contributed by atoms with Crippen LogP contribution in [0, 0.1) is 56.2 Å². The third kappa shape index (κ3) is 7.85. The summed E-state index contributed by atoms with van der Waals surface area (Å²) in [7, 11) is 2.07. The molecule has 13 heteroatoms. The Bertz CT molecular complexity index is 3560. The number of aliphatic hydroxyl groups excluding tert-OH is 3. The van der Waals surface area contributed by atoms with Crippen molar-refractivity contribution in [2.24, 2.45) is 56.2 Å². The van der Waals surface area contributed by atoms with E-state index < -0.39 is 67.7 Å². The fourth-order valence-corrected chi connectivity index (χ4v) is 24.7. The Balaban J connectivity index is 0.911. The van der Waals surface area contributed by atoms with Gasteiger partial charge < -0.3 is 49.8 Å². The minimum Gasteiger partial charge on any atom is -0.396 e. The number of benzene rings is 1. The number of allylic oxidation sites excluding steroid dienone is 1. The van der Waals surface area contributed by atoms with Crippen LogP contribution >= 0.6 is 0 Å². The van der Waals surface area contributed by atoms with E-state index in [2.05, 4.69) is 91.4 Å². The van der Waals surface area contributed by atoms with Gasteiger partial charge in [0, 0.05) is 110 Å². The number of carbonyl (C=O) groups excluding carboxylic acids is 3. The van der Waals surface area contributed by atoms with Gasteiger partial charge in [-0.2, -0.15) is 0 Å². The van der Waals surface area contributed by atoms with Crippen molar-refractivity contribution >= 4 is 28.4 Å². The summed E-state index contributed by atoms with van der Waals surface area (Å²) in [4.78, 5) is 56.3. The number of hydrogen-bond donors (Lipinski definition) is 7. The number of H-pyrrole nitrogens is 2. The first-order valence-corrected chi connectivity index (χ1v) is 35.1. The molecular weight excluding hydrogens is 1100 g/mol. The number of fused-ring (bicyclic) bond motifs is 10. The van der Waals surface area contributed by atoms with E-state index in [1.165, 1.54) is 23.2 Å². The molecule has 9 aliphatic carbocycles. The number of aromatic amines is 2. The number of nitrogens with zero attached hydrogens (tertiary/aromatic N) is 1. The van der Waals surface area contributed by atoms with Gasteiger partial charge >= 0.3 is 0 Å². The molecule has 6 saturated carbocycles. The molecule has 8 fully saturated rings. The third-order valence-corrected chi connectivity index (χ3v) is 28.9. The maximum atomic E-state index is 16.5. The summed E-state index contributed by atoms with van der Waals surface area (Å²) in [5, 5.41) is 54.4. The zero-order valence-corrected chi connectivity index (χ0v) is 53.8. The molecule has 0 amide bonds. The van der Waals surface area contributed by atoms with Crippen LogP contribution in [0.4, 0.5) is 0 Å². The second kappa shape index (κ2) is 20.1. The number of carbonyl (C=O) groups is 3. The highest BCUT2D eigenvalue weighted by Gasteiger charge is 2.81. The highest BCUT2D eigenvalue weighted by molar-refractivity contribution is 6.02. The van der Waals surface area contributed by atoms with Gasteiger partial charge in [0.15, 0.2) is 5.78 Å². The molecule has 13 nitrogen and oxygen atoms in total. The van der Waals surface area contributed by atoms with Crippen molar-refractivity contribution in [1.82, 2.24) is 19.9 Å². The van der Waals surface area contributed by atoms with Crippen molar-refractivity contribution in [3.8, 4) is 0 Å². The summed E-state index contributed by atoms with van der Waals surface area (Å²) >= 11 is 0. The fourth-order valence-electron chi connectivity index (χ4n) is 24.7. The quantitative estimate of drug-likeness (QED) is 0.0749. The van der Waals surface area contributed by atoms with Crippen molar-refractivity contribution in [3.63, 3.8) is 0 Å². The summed E-state index contributed by atoms with van der Waals surface area (Å²) in [5.41, 5.74) is 7.46. The van der Waals surface area contributed by atoms with Gasteiger partial charge in [-0.05, 0) is 214 Å². The molecule has 16 rings (SSSR count). The van der Waals surface area contributed by atoms with Crippen LogP contribution < -0.4 is 5.32 Å². The van der Waals surface area contributed by atoms with Gasteiger partial charge in [-0.25, -0.2) is 0 Å². The lowest BCUT2D eigenvalue weighted by Gasteiger charge is -2.76. The standard InChI is InChI=1S/C75H100N4O9/c1-68(2)67(88-68)54(82)36-69(3)22-17-44-38-78-61-50(56-49-32-45(41-13-9-8-10-14-41)33-52(75(86)25-29-87-30-26-75)48(49)31-42(63(56)83)15-12-28-80)39-79(62(44)61)40-51-57-59(69)53(81)37-71(57,5)70(4)23-19-55-72(6,65(70)64(51)84)74-24-18-43(34-74)60-47(20-27-77-60)58(74)66(85)73(55)21-11-16-46(35-73)76-7/h20,27,32-33,38-39,41-43,46,51,54-56,58,64-65,67,76-78,80,82,84,86H,8-19,21-26,28-31,34-37,40H2,1-7H3. The number of Topliss-reactive ketones (excluding diaryl/α,β-unsaturated/α-hetero) is 3. The average molecular weight is 1200 g/mol. The molecule has 3 aliphatic heterocycles. The Hall–Kier alpha value is -4.21. The van der Waals surface area contributed by atoms with Crippen LogP contribution in [0.3, 0.4) is 0 Å². The number of ether oxygens (including phenoxy) is 2. The van der Waals surface area contributed by atoms with E-state index in [9.17, 15) is 20.4 Å². The molecule has 3 aromatic heterocycles. The predicted octanol–water partition coefficient (Wildman–Crippen LogP) is 12.0. The molecule has 88 heavy (non-hydrogen) atoms. The lowest BCUT2D eigenvalue weighted by Crippen LogP contribution is -2.75. The SMILES string of the molecule is CNC1CCCC2(C1)C(=O)C1c3cc[nH]c3C3CCC1(C3)C1(C)C2CCC2(C)C1C(O)C1Cn3cc(C4C(=O)C(CCCO)Cc5c4cc(C4CCCCC4)cc5C4(O)CCOCC4)c4[nH]cc(c43)CCC(C)(CC(O)C3OC3(C)C)C3=C1C2(C)CC3=O. The van der Waals surface area contributed by atoms with E-state index in [1.54, 1.807) is 0 Å². The lowest BCUT2D eigenvalue weighted by molar-refractivity contribution is -0.271. The van der Waals surface area contributed by atoms with Gasteiger partial charge in [0.25, 0.3) is 0 Å². The van der Waals surface area contributed by atoms with Crippen molar-refractivity contribution in [3.05, 3.63) is 92.6 Å². The first kappa shape index (κ1) is 58.8. The van der Waals surface area contributed by atoms with Gasteiger partial charge in [0.1, 0.15) is 17.7 Å². The fraction of sp³-hybridized carbons (Fsp3) is 0.720. The molecule has 6 heterocycles. The van der Waals surface area contributed by atoms with Crippen molar-refractivity contribution < 1.29 is 44.3 Å². The van der Waals surface area contributed by atoms with E-state index in [-0.39, 0.29) is 54.0 Å². The molecule has 17 atom stereocenters. The molecule has 2 saturated heterocycles. The van der Waals surface area contributed by atoms with E-state index in [0.29, 0.717) is 95.2 Å². The summed E-state index contributed by atoms with van der Waals surface area (Å²) in [6.45, 7) is 15.1. The van der Waals surface area contributed by atoms with E-state index in [0.717, 1.165) is 133 Å². The van der Waals surface area contributed by atoms with Gasteiger partial charge in [0.2, 0.25) is 0 Å². The molecule has 2 bridgehead atoms. The summed E-state index contributed by atoms with van der Waals surface area (Å²) in [5.74, 6) is -0.685. The van der Waals surface area contributed by atoms with Crippen molar-refractivity contribution in [2.75, 3.05) is 26.9 Å².